The molecular weight excluding hydrogens is 252 g/mol. The lowest BCUT2D eigenvalue weighted by Crippen LogP contribution is -2.20. The molecule has 2 heteroatoms. The summed E-state index contributed by atoms with van der Waals surface area (Å²) >= 11 is 0. The number of hydrogen-bond donors (Lipinski definition) is 0. The van der Waals surface area contributed by atoms with E-state index in [1.807, 2.05) is 0 Å². The van der Waals surface area contributed by atoms with Gasteiger partial charge in [-0.05, 0) is 69.2 Å². The Bertz CT molecular complexity index is 375. The fourth-order valence-corrected chi connectivity index (χ4v) is 5.45. The van der Waals surface area contributed by atoms with E-state index in [0.717, 1.165) is 5.75 Å². The molecule has 2 aliphatic rings. The minimum absolute atomic E-state index is 0.469. The summed E-state index contributed by atoms with van der Waals surface area (Å²) in [6.45, 7) is 0. The maximum absolute atomic E-state index is 6.10. The minimum atomic E-state index is 0.469. The second kappa shape index (κ2) is 6.69. The highest BCUT2D eigenvalue weighted by molar-refractivity contribution is 7.96. The molecule has 104 valence electrons. The molecule has 3 rings (SSSR count). The van der Waals surface area contributed by atoms with Gasteiger partial charge in [0.15, 0.2) is 4.90 Å². The molecule has 0 radical (unpaired) electrons. The number of benzene rings is 1. The molecule has 1 aliphatic heterocycles. The van der Waals surface area contributed by atoms with Crippen molar-refractivity contribution in [2.24, 2.45) is 0 Å². The fraction of sp³-hybridized carbons (Fsp3) is 0.647. The van der Waals surface area contributed by atoms with Gasteiger partial charge in [-0.2, -0.15) is 0 Å². The molecule has 0 unspecified atom stereocenters. The van der Waals surface area contributed by atoms with E-state index >= 15 is 0 Å². The fourth-order valence-electron chi connectivity index (χ4n) is 3.15. The Morgan fingerprint density at radius 3 is 2.11 bits per heavy atom. The van der Waals surface area contributed by atoms with Gasteiger partial charge in [-0.1, -0.05) is 6.42 Å². The highest BCUT2D eigenvalue weighted by Crippen LogP contribution is 2.27. The SMILES string of the molecule is c1cc([S+]2CCCCC2)ccc1OC1CCCCC1. The molecule has 2 fully saturated rings. The molecule has 1 nitrogen and oxygen atoms in total. The van der Waals surface area contributed by atoms with Crippen LogP contribution in [0.1, 0.15) is 51.4 Å². The Labute approximate surface area is 120 Å². The van der Waals surface area contributed by atoms with Crippen LogP contribution in [0.25, 0.3) is 0 Å². The first-order valence-electron chi connectivity index (χ1n) is 7.86. The van der Waals surface area contributed by atoms with Crippen LogP contribution in [0.2, 0.25) is 0 Å². The monoisotopic (exact) mass is 277 g/mol. The summed E-state index contributed by atoms with van der Waals surface area (Å²) in [5.41, 5.74) is 0. The smallest absolute Gasteiger partial charge is 0.155 e. The molecule has 0 N–H and O–H groups in total. The van der Waals surface area contributed by atoms with Crippen molar-refractivity contribution in [1.82, 2.24) is 0 Å². The third kappa shape index (κ3) is 3.68. The molecule has 0 atom stereocenters. The molecule has 0 spiro atoms. The standard InChI is InChI=1S/C17H25OS/c1-3-7-15(8-4-1)18-16-9-11-17(12-10-16)19-13-5-2-6-14-19/h9-12,15H,1-8,13-14H2/q+1. The lowest BCUT2D eigenvalue weighted by molar-refractivity contribution is 0.155. The molecule has 1 heterocycles. The second-order valence-electron chi connectivity index (χ2n) is 5.81. The molecular formula is C17H25OS+. The molecule has 0 aromatic heterocycles. The Balaban J connectivity index is 1.58. The van der Waals surface area contributed by atoms with E-state index in [9.17, 15) is 0 Å². The van der Waals surface area contributed by atoms with E-state index in [4.69, 9.17) is 4.74 Å². The largest absolute Gasteiger partial charge is 0.490 e. The van der Waals surface area contributed by atoms with E-state index in [1.54, 1.807) is 4.90 Å². The first-order valence-corrected chi connectivity index (χ1v) is 9.42. The number of ether oxygens (including phenoxy) is 1. The summed E-state index contributed by atoms with van der Waals surface area (Å²) in [6.07, 6.45) is 11.3. The zero-order valence-electron chi connectivity index (χ0n) is 11.8. The molecule has 1 saturated heterocycles. The van der Waals surface area contributed by atoms with Crippen molar-refractivity contribution in [2.45, 2.75) is 62.4 Å². The van der Waals surface area contributed by atoms with Gasteiger partial charge in [-0.25, -0.2) is 0 Å². The summed E-state index contributed by atoms with van der Waals surface area (Å²) in [7, 11) is 0.521. The van der Waals surface area contributed by atoms with Crippen LogP contribution < -0.4 is 4.74 Å². The Morgan fingerprint density at radius 1 is 0.789 bits per heavy atom. The average Bonchev–Trinajstić information content (AvgIpc) is 2.50. The van der Waals surface area contributed by atoms with Crippen molar-refractivity contribution in [3.63, 3.8) is 0 Å². The van der Waals surface area contributed by atoms with Crippen LogP contribution in [0.4, 0.5) is 0 Å². The normalized spacial score (nSPS) is 22.3. The minimum Gasteiger partial charge on any atom is -0.490 e. The third-order valence-electron chi connectivity index (χ3n) is 4.29. The van der Waals surface area contributed by atoms with Gasteiger partial charge in [0, 0.05) is 10.9 Å². The van der Waals surface area contributed by atoms with Crippen LogP contribution in [0, 0.1) is 0 Å². The topological polar surface area (TPSA) is 9.23 Å². The van der Waals surface area contributed by atoms with Crippen LogP contribution in [-0.4, -0.2) is 17.6 Å². The summed E-state index contributed by atoms with van der Waals surface area (Å²) < 4.78 is 6.10. The second-order valence-corrected chi connectivity index (χ2v) is 8.08. The number of hydrogen-bond acceptors (Lipinski definition) is 1. The Morgan fingerprint density at radius 2 is 1.42 bits per heavy atom. The van der Waals surface area contributed by atoms with E-state index in [0.29, 0.717) is 17.0 Å². The molecule has 1 aromatic carbocycles. The van der Waals surface area contributed by atoms with Gasteiger partial charge in [0.1, 0.15) is 17.3 Å². The van der Waals surface area contributed by atoms with Crippen LogP contribution in [0.15, 0.2) is 29.2 Å². The first-order chi connectivity index (χ1) is 9.42. The zero-order valence-corrected chi connectivity index (χ0v) is 12.6. The third-order valence-corrected chi connectivity index (χ3v) is 6.80. The van der Waals surface area contributed by atoms with E-state index in [-0.39, 0.29) is 0 Å². The van der Waals surface area contributed by atoms with Gasteiger partial charge in [-0.15, -0.1) is 0 Å². The van der Waals surface area contributed by atoms with Crippen LogP contribution in [-0.2, 0) is 10.9 Å². The summed E-state index contributed by atoms with van der Waals surface area (Å²) in [6, 6.07) is 9.02. The average molecular weight is 277 g/mol. The molecule has 0 amide bonds. The highest BCUT2D eigenvalue weighted by atomic mass is 32.2. The van der Waals surface area contributed by atoms with Crippen molar-refractivity contribution in [2.75, 3.05) is 11.5 Å². The van der Waals surface area contributed by atoms with Crippen molar-refractivity contribution in [3.8, 4) is 5.75 Å². The molecule has 0 bridgehead atoms. The first kappa shape index (κ1) is 13.4. The molecule has 1 aliphatic carbocycles. The predicted molar refractivity (Wildman–Crippen MR) is 83.2 cm³/mol. The molecule has 1 aromatic rings. The highest BCUT2D eigenvalue weighted by Gasteiger charge is 2.24. The summed E-state index contributed by atoms with van der Waals surface area (Å²) in [4.78, 5) is 1.55. The number of rotatable bonds is 3. The Kier molecular flexibility index (Phi) is 4.71. The quantitative estimate of drug-likeness (QED) is 0.736. The zero-order chi connectivity index (χ0) is 12.9. The molecule has 1 saturated carbocycles. The maximum atomic E-state index is 6.10. The summed E-state index contributed by atoms with van der Waals surface area (Å²) in [5, 5.41) is 0. The predicted octanol–water partition coefficient (Wildman–Crippen LogP) is 4.56. The van der Waals surface area contributed by atoms with Gasteiger partial charge in [0.2, 0.25) is 0 Å². The lowest BCUT2D eigenvalue weighted by Gasteiger charge is -2.23. The van der Waals surface area contributed by atoms with Crippen LogP contribution in [0.5, 0.6) is 5.75 Å². The lowest BCUT2D eigenvalue weighted by atomic mass is 9.98. The Hall–Kier alpha value is -0.630. The van der Waals surface area contributed by atoms with Gasteiger partial charge in [-0.3, -0.25) is 0 Å². The van der Waals surface area contributed by atoms with Crippen molar-refractivity contribution in [3.05, 3.63) is 24.3 Å². The molecule has 19 heavy (non-hydrogen) atoms. The summed E-state index contributed by atoms with van der Waals surface area (Å²) in [5.74, 6) is 3.89. The van der Waals surface area contributed by atoms with Crippen molar-refractivity contribution < 1.29 is 4.74 Å². The van der Waals surface area contributed by atoms with Gasteiger partial charge < -0.3 is 4.74 Å². The van der Waals surface area contributed by atoms with Crippen molar-refractivity contribution >= 4 is 10.9 Å². The maximum Gasteiger partial charge on any atom is 0.155 e. The van der Waals surface area contributed by atoms with Gasteiger partial charge in [0.25, 0.3) is 0 Å². The van der Waals surface area contributed by atoms with Crippen LogP contribution in [0.3, 0.4) is 0 Å². The van der Waals surface area contributed by atoms with Gasteiger partial charge >= 0.3 is 0 Å². The van der Waals surface area contributed by atoms with Crippen LogP contribution >= 0.6 is 0 Å². The van der Waals surface area contributed by atoms with Crippen molar-refractivity contribution in [1.29, 1.82) is 0 Å². The van der Waals surface area contributed by atoms with Gasteiger partial charge in [0.05, 0.1) is 6.10 Å². The van der Waals surface area contributed by atoms with E-state index < -0.39 is 0 Å². The van der Waals surface area contributed by atoms with E-state index in [1.165, 1.54) is 62.9 Å². The van der Waals surface area contributed by atoms with E-state index in [2.05, 4.69) is 24.3 Å².